The summed E-state index contributed by atoms with van der Waals surface area (Å²) in [5.41, 5.74) is 2.19. The van der Waals surface area contributed by atoms with Crippen LogP contribution in [0.1, 0.15) is 65.4 Å². The number of nitrogens with zero attached hydrogens (tertiary/aromatic N) is 1. The van der Waals surface area contributed by atoms with Gasteiger partial charge in [-0.1, -0.05) is 26.0 Å². The van der Waals surface area contributed by atoms with Gasteiger partial charge in [0.15, 0.2) is 5.11 Å². The van der Waals surface area contributed by atoms with Crippen molar-refractivity contribution in [2.45, 2.75) is 71.4 Å². The Labute approximate surface area is 157 Å². The third kappa shape index (κ3) is 5.70. The van der Waals surface area contributed by atoms with E-state index in [0.717, 1.165) is 30.2 Å². The molecule has 1 aromatic carbocycles. The Morgan fingerprint density at radius 1 is 1.36 bits per heavy atom. The van der Waals surface area contributed by atoms with E-state index in [9.17, 15) is 4.79 Å². The number of rotatable bonds is 6. The van der Waals surface area contributed by atoms with E-state index < -0.39 is 0 Å². The van der Waals surface area contributed by atoms with E-state index in [1.165, 1.54) is 5.56 Å². The van der Waals surface area contributed by atoms with Crippen molar-refractivity contribution in [2.75, 3.05) is 11.9 Å². The first kappa shape index (κ1) is 19.7. The SMILES string of the molecule is CC(C)c1ccc(NC(=O)CCCN2C(=S)NC(C)(C)C[C@@H]2C)cc1. The van der Waals surface area contributed by atoms with Crippen LogP contribution in [0.4, 0.5) is 5.69 Å². The highest BCUT2D eigenvalue weighted by atomic mass is 32.1. The zero-order valence-corrected chi connectivity index (χ0v) is 16.9. The largest absolute Gasteiger partial charge is 0.358 e. The molecule has 0 aliphatic carbocycles. The van der Waals surface area contributed by atoms with E-state index in [1.54, 1.807) is 0 Å². The van der Waals surface area contributed by atoms with E-state index in [1.807, 2.05) is 12.1 Å². The minimum absolute atomic E-state index is 0.0481. The fourth-order valence-electron chi connectivity index (χ4n) is 3.37. The molecular weight excluding hydrogens is 330 g/mol. The smallest absolute Gasteiger partial charge is 0.224 e. The molecule has 1 aliphatic rings. The van der Waals surface area contributed by atoms with Crippen molar-refractivity contribution < 1.29 is 4.79 Å². The Balaban J connectivity index is 1.77. The molecule has 1 fully saturated rings. The molecule has 2 N–H and O–H groups in total. The molecule has 5 heteroatoms. The summed E-state index contributed by atoms with van der Waals surface area (Å²) in [6.45, 7) is 11.7. The molecule has 1 amide bonds. The molecule has 1 aromatic rings. The molecule has 138 valence electrons. The lowest BCUT2D eigenvalue weighted by Gasteiger charge is -2.44. The number of nitrogens with one attached hydrogen (secondary N) is 2. The Bertz CT molecular complexity index is 610. The van der Waals surface area contributed by atoms with E-state index in [-0.39, 0.29) is 11.4 Å². The maximum atomic E-state index is 12.2. The van der Waals surface area contributed by atoms with E-state index >= 15 is 0 Å². The Hall–Kier alpha value is -1.62. The van der Waals surface area contributed by atoms with Gasteiger partial charge in [0.05, 0.1) is 0 Å². The molecule has 1 aliphatic heterocycles. The summed E-state index contributed by atoms with van der Waals surface area (Å²) in [5.74, 6) is 0.555. The average molecular weight is 362 g/mol. The summed E-state index contributed by atoms with van der Waals surface area (Å²) in [6.07, 6.45) is 2.34. The first-order chi connectivity index (χ1) is 11.7. The van der Waals surface area contributed by atoms with Crippen molar-refractivity contribution >= 4 is 28.9 Å². The van der Waals surface area contributed by atoms with Gasteiger partial charge in [-0.15, -0.1) is 0 Å². The van der Waals surface area contributed by atoms with Crippen LogP contribution in [0.15, 0.2) is 24.3 Å². The fourth-order valence-corrected chi connectivity index (χ4v) is 3.92. The van der Waals surface area contributed by atoms with Gasteiger partial charge in [0, 0.05) is 30.2 Å². The number of carbonyl (C=O) groups excluding carboxylic acids is 1. The molecule has 4 nitrogen and oxygen atoms in total. The summed E-state index contributed by atoms with van der Waals surface area (Å²) in [4.78, 5) is 14.4. The van der Waals surface area contributed by atoms with Crippen LogP contribution >= 0.6 is 12.2 Å². The van der Waals surface area contributed by atoms with Crippen LogP contribution in [0.25, 0.3) is 0 Å². The number of benzene rings is 1. The van der Waals surface area contributed by atoms with Crippen molar-refractivity contribution in [3.63, 3.8) is 0 Å². The molecule has 0 saturated carbocycles. The molecule has 2 rings (SSSR count). The van der Waals surface area contributed by atoms with Crippen molar-refractivity contribution in [3.8, 4) is 0 Å². The van der Waals surface area contributed by atoms with Crippen molar-refractivity contribution in [2.24, 2.45) is 0 Å². The number of hydrogen-bond acceptors (Lipinski definition) is 2. The summed E-state index contributed by atoms with van der Waals surface area (Å²) in [6, 6.07) is 8.49. The number of hydrogen-bond donors (Lipinski definition) is 2. The van der Waals surface area contributed by atoms with E-state index in [0.29, 0.717) is 18.4 Å². The number of amides is 1. The van der Waals surface area contributed by atoms with Crippen LogP contribution in [-0.2, 0) is 4.79 Å². The highest BCUT2D eigenvalue weighted by Crippen LogP contribution is 2.22. The van der Waals surface area contributed by atoms with Crippen LogP contribution in [0.3, 0.4) is 0 Å². The Kier molecular flexibility index (Phi) is 6.44. The zero-order chi connectivity index (χ0) is 18.6. The Morgan fingerprint density at radius 2 is 2.00 bits per heavy atom. The van der Waals surface area contributed by atoms with Gasteiger partial charge in [0.25, 0.3) is 0 Å². The number of carbonyl (C=O) groups is 1. The van der Waals surface area contributed by atoms with Crippen molar-refractivity contribution in [1.82, 2.24) is 10.2 Å². The highest BCUT2D eigenvalue weighted by Gasteiger charge is 2.32. The summed E-state index contributed by atoms with van der Waals surface area (Å²) in [5, 5.41) is 7.16. The minimum atomic E-state index is 0.0481. The highest BCUT2D eigenvalue weighted by molar-refractivity contribution is 7.80. The molecule has 25 heavy (non-hydrogen) atoms. The molecular formula is C20H31N3OS. The standard InChI is InChI=1S/C20H31N3OS/c1-14(2)16-8-10-17(11-9-16)21-18(24)7-6-12-23-15(3)13-20(4,5)22-19(23)25/h8-11,14-15H,6-7,12-13H2,1-5H3,(H,21,24)(H,22,25)/t15-/m0/s1. The second-order valence-electron chi connectivity index (χ2n) is 7.99. The maximum Gasteiger partial charge on any atom is 0.224 e. The van der Waals surface area contributed by atoms with Gasteiger partial charge in [0.1, 0.15) is 0 Å². The van der Waals surface area contributed by atoms with Gasteiger partial charge in [-0.2, -0.15) is 0 Å². The molecule has 0 unspecified atom stereocenters. The summed E-state index contributed by atoms with van der Waals surface area (Å²) >= 11 is 5.48. The average Bonchev–Trinajstić information content (AvgIpc) is 2.49. The van der Waals surface area contributed by atoms with Gasteiger partial charge < -0.3 is 15.5 Å². The molecule has 0 spiro atoms. The third-order valence-corrected chi connectivity index (χ3v) is 5.04. The number of anilines is 1. The normalized spacial score (nSPS) is 19.7. The lowest BCUT2D eigenvalue weighted by atomic mass is 9.93. The van der Waals surface area contributed by atoms with E-state index in [2.05, 4.69) is 62.3 Å². The molecule has 1 saturated heterocycles. The lowest BCUT2D eigenvalue weighted by molar-refractivity contribution is -0.116. The molecule has 1 heterocycles. The second-order valence-corrected chi connectivity index (χ2v) is 8.38. The van der Waals surface area contributed by atoms with Crippen LogP contribution < -0.4 is 10.6 Å². The second kappa shape index (κ2) is 8.17. The van der Waals surface area contributed by atoms with Gasteiger partial charge in [-0.25, -0.2) is 0 Å². The topological polar surface area (TPSA) is 44.4 Å². The van der Waals surface area contributed by atoms with Crippen molar-refractivity contribution in [1.29, 1.82) is 0 Å². The maximum absolute atomic E-state index is 12.2. The van der Waals surface area contributed by atoms with Crippen molar-refractivity contribution in [3.05, 3.63) is 29.8 Å². The summed E-state index contributed by atoms with van der Waals surface area (Å²) < 4.78 is 0. The quantitative estimate of drug-likeness (QED) is 0.743. The zero-order valence-electron chi connectivity index (χ0n) is 16.1. The predicted molar refractivity (Wildman–Crippen MR) is 109 cm³/mol. The van der Waals surface area contributed by atoms with Crippen LogP contribution in [0.2, 0.25) is 0 Å². The lowest BCUT2D eigenvalue weighted by Crippen LogP contribution is -2.60. The predicted octanol–water partition coefficient (Wildman–Crippen LogP) is 4.28. The molecule has 1 atom stereocenters. The summed E-state index contributed by atoms with van der Waals surface area (Å²) in [7, 11) is 0. The van der Waals surface area contributed by atoms with E-state index in [4.69, 9.17) is 12.2 Å². The number of thiocarbonyl (C=S) groups is 1. The molecule has 0 radical (unpaired) electrons. The fraction of sp³-hybridized carbons (Fsp3) is 0.600. The van der Waals surface area contributed by atoms with Gasteiger partial charge in [-0.3, -0.25) is 4.79 Å². The first-order valence-corrected chi connectivity index (χ1v) is 9.57. The molecule has 0 aromatic heterocycles. The van der Waals surface area contributed by atoms with Gasteiger partial charge in [0.2, 0.25) is 5.91 Å². The monoisotopic (exact) mass is 361 g/mol. The minimum Gasteiger partial charge on any atom is -0.358 e. The van der Waals surface area contributed by atoms with Gasteiger partial charge in [-0.05, 0) is 69.4 Å². The van der Waals surface area contributed by atoms with Crippen LogP contribution in [0, 0.1) is 0 Å². The Morgan fingerprint density at radius 3 is 2.56 bits per heavy atom. The van der Waals surface area contributed by atoms with Crippen LogP contribution in [-0.4, -0.2) is 34.0 Å². The first-order valence-electron chi connectivity index (χ1n) is 9.16. The molecule has 0 bridgehead atoms. The van der Waals surface area contributed by atoms with Crippen LogP contribution in [0.5, 0.6) is 0 Å². The van der Waals surface area contributed by atoms with Gasteiger partial charge >= 0.3 is 0 Å². The third-order valence-electron chi connectivity index (χ3n) is 4.71.